The van der Waals surface area contributed by atoms with Crippen LogP contribution in [0.5, 0.6) is 0 Å². The zero-order valence-electron chi connectivity index (χ0n) is 13.3. The summed E-state index contributed by atoms with van der Waals surface area (Å²) in [7, 11) is -2.24. The second-order valence-electron chi connectivity index (χ2n) is 5.20. The summed E-state index contributed by atoms with van der Waals surface area (Å²) in [6.07, 6.45) is 0.858. The molecule has 1 N–H and O–H groups in total. The van der Waals surface area contributed by atoms with Crippen molar-refractivity contribution < 1.29 is 17.9 Å². The van der Waals surface area contributed by atoms with Crippen LogP contribution in [0.25, 0.3) is 0 Å². The smallest absolute Gasteiger partial charge is 0.243 e. The Bertz CT molecular complexity index is 558. The maximum atomic E-state index is 12.2. The first-order valence-corrected chi connectivity index (χ1v) is 8.67. The van der Waals surface area contributed by atoms with Crippen molar-refractivity contribution in [3.63, 3.8) is 0 Å². The fourth-order valence-electron chi connectivity index (χ4n) is 1.73. The number of carbonyl (C=O) groups excluding carboxylic acids is 1. The average molecular weight is 328 g/mol. The van der Waals surface area contributed by atoms with E-state index in [0.717, 1.165) is 4.31 Å². The van der Waals surface area contributed by atoms with Gasteiger partial charge in [0.25, 0.3) is 0 Å². The van der Waals surface area contributed by atoms with Crippen LogP contribution >= 0.6 is 0 Å². The Hall–Kier alpha value is -1.44. The van der Waals surface area contributed by atoms with E-state index in [2.05, 4.69) is 5.32 Å². The van der Waals surface area contributed by atoms with Crippen molar-refractivity contribution >= 4 is 15.9 Å². The van der Waals surface area contributed by atoms with Crippen molar-refractivity contribution in [1.82, 2.24) is 9.62 Å². The number of hydrogen-bond acceptors (Lipinski definition) is 4. The van der Waals surface area contributed by atoms with Gasteiger partial charge in [-0.15, -0.1) is 0 Å². The summed E-state index contributed by atoms with van der Waals surface area (Å²) in [5.41, 5.74) is 0. The maximum Gasteiger partial charge on any atom is 0.243 e. The molecule has 0 aliphatic heterocycles. The lowest BCUT2D eigenvalue weighted by atomic mass is 10.4. The standard InChI is InChI=1S/C15H24N2O4S/c1-13(2)21-11-7-10-16-15(18)12-17(3)22(19,20)14-8-5-4-6-9-14/h4-6,8-9,13H,7,10-12H2,1-3H3,(H,16,18). The molecule has 0 unspecified atom stereocenters. The van der Waals surface area contributed by atoms with E-state index < -0.39 is 10.0 Å². The number of ether oxygens (including phenoxy) is 1. The van der Waals surface area contributed by atoms with Crippen LogP contribution in [-0.2, 0) is 19.6 Å². The molecule has 6 nitrogen and oxygen atoms in total. The number of rotatable bonds is 9. The van der Waals surface area contributed by atoms with E-state index in [4.69, 9.17) is 4.74 Å². The third kappa shape index (κ3) is 6.13. The molecule has 0 saturated heterocycles. The molecule has 1 amide bonds. The third-order valence-corrected chi connectivity index (χ3v) is 4.73. The first-order valence-electron chi connectivity index (χ1n) is 7.23. The Morgan fingerprint density at radius 3 is 2.50 bits per heavy atom. The second kappa shape index (κ2) is 8.87. The van der Waals surface area contributed by atoms with Gasteiger partial charge in [0.2, 0.25) is 15.9 Å². The van der Waals surface area contributed by atoms with Crippen LogP contribution in [0.3, 0.4) is 0 Å². The molecule has 1 aromatic carbocycles. The molecule has 22 heavy (non-hydrogen) atoms. The highest BCUT2D eigenvalue weighted by atomic mass is 32.2. The number of nitrogens with zero attached hydrogens (tertiary/aromatic N) is 1. The fraction of sp³-hybridized carbons (Fsp3) is 0.533. The van der Waals surface area contributed by atoms with Gasteiger partial charge in [0, 0.05) is 20.2 Å². The highest BCUT2D eigenvalue weighted by Gasteiger charge is 2.22. The number of carbonyl (C=O) groups is 1. The summed E-state index contributed by atoms with van der Waals surface area (Å²) in [6.45, 7) is 4.72. The van der Waals surface area contributed by atoms with Crippen LogP contribution in [0, 0.1) is 0 Å². The fourth-order valence-corrected chi connectivity index (χ4v) is 2.88. The van der Waals surface area contributed by atoms with Gasteiger partial charge >= 0.3 is 0 Å². The SMILES string of the molecule is CC(C)OCCCNC(=O)CN(C)S(=O)(=O)c1ccccc1. The number of likely N-dealkylation sites (N-methyl/N-ethyl adjacent to an activating group) is 1. The minimum absolute atomic E-state index is 0.165. The zero-order valence-corrected chi connectivity index (χ0v) is 14.1. The molecule has 1 aromatic rings. The van der Waals surface area contributed by atoms with Gasteiger partial charge in [0.1, 0.15) is 0 Å². The number of amides is 1. The first-order chi connectivity index (χ1) is 10.3. The summed E-state index contributed by atoms with van der Waals surface area (Å²) < 4.78 is 30.9. The number of benzene rings is 1. The largest absolute Gasteiger partial charge is 0.379 e. The van der Waals surface area contributed by atoms with Gasteiger partial charge in [0.15, 0.2) is 0 Å². The van der Waals surface area contributed by atoms with E-state index in [-0.39, 0.29) is 23.5 Å². The monoisotopic (exact) mass is 328 g/mol. The molecule has 1 rings (SSSR count). The minimum atomic E-state index is -3.63. The lowest BCUT2D eigenvalue weighted by Gasteiger charge is -2.17. The highest BCUT2D eigenvalue weighted by molar-refractivity contribution is 7.89. The Labute approximate surface area is 132 Å². The van der Waals surface area contributed by atoms with Crippen molar-refractivity contribution in [2.24, 2.45) is 0 Å². The molecule has 0 spiro atoms. The van der Waals surface area contributed by atoms with Gasteiger partial charge in [-0.05, 0) is 32.4 Å². The molecule has 0 fully saturated rings. The van der Waals surface area contributed by atoms with Crippen LogP contribution in [-0.4, -0.2) is 51.5 Å². The van der Waals surface area contributed by atoms with Gasteiger partial charge < -0.3 is 10.1 Å². The Morgan fingerprint density at radius 1 is 1.27 bits per heavy atom. The molecule has 0 aliphatic carbocycles. The van der Waals surface area contributed by atoms with Gasteiger partial charge in [-0.25, -0.2) is 8.42 Å². The Balaban J connectivity index is 2.41. The van der Waals surface area contributed by atoms with E-state index in [9.17, 15) is 13.2 Å². The zero-order chi connectivity index (χ0) is 16.6. The van der Waals surface area contributed by atoms with Crippen LogP contribution in [0.2, 0.25) is 0 Å². The molecule has 7 heteroatoms. The molecule has 0 aliphatic rings. The van der Waals surface area contributed by atoms with Gasteiger partial charge in [-0.2, -0.15) is 4.31 Å². The summed E-state index contributed by atoms with van der Waals surface area (Å²) in [5, 5.41) is 2.69. The first kappa shape index (κ1) is 18.6. The predicted molar refractivity (Wildman–Crippen MR) is 85.0 cm³/mol. The second-order valence-corrected chi connectivity index (χ2v) is 7.24. The third-order valence-electron chi connectivity index (χ3n) is 2.91. The van der Waals surface area contributed by atoms with Crippen LogP contribution in [0.1, 0.15) is 20.3 Å². The lowest BCUT2D eigenvalue weighted by Crippen LogP contribution is -2.38. The molecule has 124 valence electrons. The normalized spacial score (nSPS) is 11.9. The van der Waals surface area contributed by atoms with E-state index in [1.807, 2.05) is 13.8 Å². The quantitative estimate of drug-likeness (QED) is 0.692. The number of nitrogens with one attached hydrogen (secondary N) is 1. The van der Waals surface area contributed by atoms with E-state index in [0.29, 0.717) is 19.6 Å². The van der Waals surface area contributed by atoms with Gasteiger partial charge in [-0.3, -0.25) is 4.79 Å². The van der Waals surface area contributed by atoms with Crippen LogP contribution < -0.4 is 5.32 Å². The van der Waals surface area contributed by atoms with E-state index in [1.165, 1.54) is 19.2 Å². The van der Waals surface area contributed by atoms with Gasteiger partial charge in [-0.1, -0.05) is 18.2 Å². The summed E-state index contributed by atoms with van der Waals surface area (Å²) in [6, 6.07) is 8.05. The average Bonchev–Trinajstić information content (AvgIpc) is 2.47. The number of sulfonamides is 1. The molecule has 0 saturated carbocycles. The van der Waals surface area contributed by atoms with E-state index in [1.54, 1.807) is 18.2 Å². The Morgan fingerprint density at radius 2 is 1.91 bits per heavy atom. The lowest BCUT2D eigenvalue weighted by molar-refractivity contribution is -0.121. The van der Waals surface area contributed by atoms with Crippen molar-refractivity contribution in [1.29, 1.82) is 0 Å². The molecule has 0 radical (unpaired) electrons. The molecule has 0 aromatic heterocycles. The summed E-state index contributed by atoms with van der Waals surface area (Å²) >= 11 is 0. The van der Waals surface area contributed by atoms with Crippen LogP contribution in [0.15, 0.2) is 35.2 Å². The van der Waals surface area contributed by atoms with Crippen LogP contribution in [0.4, 0.5) is 0 Å². The van der Waals surface area contributed by atoms with Crippen molar-refractivity contribution in [2.45, 2.75) is 31.3 Å². The van der Waals surface area contributed by atoms with Crippen molar-refractivity contribution in [3.05, 3.63) is 30.3 Å². The molecule has 0 atom stereocenters. The number of hydrogen-bond donors (Lipinski definition) is 1. The molecular weight excluding hydrogens is 304 g/mol. The van der Waals surface area contributed by atoms with Crippen molar-refractivity contribution in [3.8, 4) is 0 Å². The highest BCUT2D eigenvalue weighted by Crippen LogP contribution is 2.12. The maximum absolute atomic E-state index is 12.2. The molecule has 0 bridgehead atoms. The summed E-state index contributed by atoms with van der Waals surface area (Å²) in [5.74, 6) is -0.327. The predicted octanol–water partition coefficient (Wildman–Crippen LogP) is 1.24. The molecule has 0 heterocycles. The minimum Gasteiger partial charge on any atom is -0.379 e. The molecular formula is C15H24N2O4S. The Kier molecular flexibility index (Phi) is 7.50. The summed E-state index contributed by atoms with van der Waals surface area (Å²) in [4.78, 5) is 11.9. The van der Waals surface area contributed by atoms with E-state index >= 15 is 0 Å². The topological polar surface area (TPSA) is 75.7 Å². The van der Waals surface area contributed by atoms with Crippen molar-refractivity contribution in [2.75, 3.05) is 26.7 Å². The van der Waals surface area contributed by atoms with Gasteiger partial charge in [0.05, 0.1) is 17.5 Å².